The molecule has 1 aromatic heterocycles. The zero-order valence-electron chi connectivity index (χ0n) is 8.08. The third-order valence-corrected chi connectivity index (χ3v) is 2.24. The van der Waals surface area contributed by atoms with Crippen LogP contribution in [-0.4, -0.2) is 16.1 Å². The van der Waals surface area contributed by atoms with Crippen molar-refractivity contribution in [3.63, 3.8) is 0 Å². The zero-order valence-corrected chi connectivity index (χ0v) is 8.84. The molecule has 0 amide bonds. The van der Waals surface area contributed by atoms with Crippen molar-refractivity contribution in [2.75, 3.05) is 0 Å². The predicted molar refractivity (Wildman–Crippen MR) is 53.4 cm³/mol. The van der Waals surface area contributed by atoms with E-state index in [9.17, 15) is 13.6 Å². The number of alkyl halides is 2. The van der Waals surface area contributed by atoms with Crippen molar-refractivity contribution in [1.82, 2.24) is 4.98 Å². The highest BCUT2D eigenvalue weighted by Gasteiger charge is 2.20. The van der Waals surface area contributed by atoms with Crippen molar-refractivity contribution in [1.29, 1.82) is 0 Å². The maximum Gasteiger partial charge on any atom is 0.307 e. The Morgan fingerprint density at radius 1 is 1.62 bits per heavy atom. The molecule has 1 aromatic rings. The first-order valence-electron chi connectivity index (χ1n) is 4.34. The van der Waals surface area contributed by atoms with Crippen LogP contribution in [0.4, 0.5) is 8.78 Å². The smallest absolute Gasteiger partial charge is 0.307 e. The van der Waals surface area contributed by atoms with Crippen molar-refractivity contribution in [2.45, 2.75) is 19.4 Å². The third-order valence-electron chi connectivity index (χ3n) is 1.90. The Morgan fingerprint density at radius 2 is 2.25 bits per heavy atom. The highest BCUT2D eigenvalue weighted by atomic mass is 35.5. The van der Waals surface area contributed by atoms with Crippen LogP contribution in [0.15, 0.2) is 6.07 Å². The maximum absolute atomic E-state index is 12.6. The summed E-state index contributed by atoms with van der Waals surface area (Å²) in [6.07, 6.45) is -3.46. The summed E-state index contributed by atoms with van der Waals surface area (Å²) < 4.78 is 25.2. The van der Waals surface area contributed by atoms with Crippen molar-refractivity contribution in [2.24, 2.45) is 5.73 Å². The largest absolute Gasteiger partial charge is 0.481 e. The van der Waals surface area contributed by atoms with E-state index in [0.717, 1.165) is 0 Å². The first kappa shape index (κ1) is 12.8. The summed E-state index contributed by atoms with van der Waals surface area (Å²) in [5.41, 5.74) is 4.68. The number of aliphatic carboxylic acids is 1. The number of aromatic nitrogens is 1. The van der Waals surface area contributed by atoms with Crippen molar-refractivity contribution in [3.8, 4) is 0 Å². The lowest BCUT2D eigenvalue weighted by Crippen LogP contribution is -2.10. The Kier molecular flexibility index (Phi) is 4.14. The minimum absolute atomic E-state index is 0.0349. The number of nitrogens with two attached hydrogens (primary N) is 1. The molecule has 4 nitrogen and oxygen atoms in total. The standard InChI is InChI=1S/C9H9ClF2N2O2/c10-6-1-4(3-13)14-8(9(11)12)5(6)2-7(15)16/h1,9H,2-3,13H2,(H,15,16). The second-order valence-corrected chi connectivity index (χ2v) is 3.44. The van der Waals surface area contributed by atoms with E-state index in [0.29, 0.717) is 0 Å². The average molecular weight is 251 g/mol. The van der Waals surface area contributed by atoms with Gasteiger partial charge in [-0.05, 0) is 6.07 Å². The van der Waals surface area contributed by atoms with E-state index in [1.165, 1.54) is 6.07 Å². The van der Waals surface area contributed by atoms with Crippen LogP contribution in [0.2, 0.25) is 5.02 Å². The minimum atomic E-state index is -2.88. The number of carbonyl (C=O) groups is 1. The van der Waals surface area contributed by atoms with Gasteiger partial charge >= 0.3 is 5.97 Å². The van der Waals surface area contributed by atoms with Gasteiger partial charge in [0.2, 0.25) is 0 Å². The van der Waals surface area contributed by atoms with E-state index in [1.54, 1.807) is 0 Å². The van der Waals surface area contributed by atoms with Gasteiger partial charge in [-0.2, -0.15) is 0 Å². The van der Waals surface area contributed by atoms with Gasteiger partial charge in [0.05, 0.1) is 12.1 Å². The SMILES string of the molecule is NCc1cc(Cl)c(CC(=O)O)c(C(F)F)n1. The van der Waals surface area contributed by atoms with Crippen LogP contribution in [0.3, 0.4) is 0 Å². The number of pyridine rings is 1. The second kappa shape index (κ2) is 5.18. The van der Waals surface area contributed by atoms with Crippen LogP contribution in [0.25, 0.3) is 0 Å². The van der Waals surface area contributed by atoms with Crippen LogP contribution in [0.1, 0.15) is 23.4 Å². The number of halogens is 3. The molecule has 7 heteroatoms. The van der Waals surface area contributed by atoms with Crippen LogP contribution in [0.5, 0.6) is 0 Å². The van der Waals surface area contributed by atoms with Gasteiger partial charge in [-0.3, -0.25) is 9.78 Å². The summed E-state index contributed by atoms with van der Waals surface area (Å²) in [7, 11) is 0. The summed E-state index contributed by atoms with van der Waals surface area (Å²) in [6.45, 7) is -0.0349. The van der Waals surface area contributed by atoms with Gasteiger partial charge in [0, 0.05) is 17.1 Å². The van der Waals surface area contributed by atoms with Crippen LogP contribution >= 0.6 is 11.6 Å². The lowest BCUT2D eigenvalue weighted by molar-refractivity contribution is -0.136. The fourth-order valence-electron chi connectivity index (χ4n) is 1.22. The molecule has 0 fully saturated rings. The Labute approximate surface area is 95.0 Å². The highest BCUT2D eigenvalue weighted by molar-refractivity contribution is 6.31. The Bertz CT molecular complexity index is 413. The molecule has 0 saturated carbocycles. The molecule has 0 aliphatic rings. The quantitative estimate of drug-likeness (QED) is 0.854. The first-order valence-corrected chi connectivity index (χ1v) is 4.71. The van der Waals surface area contributed by atoms with Gasteiger partial charge in [-0.15, -0.1) is 0 Å². The Morgan fingerprint density at radius 3 is 2.69 bits per heavy atom. The first-order chi connectivity index (χ1) is 7.45. The van der Waals surface area contributed by atoms with E-state index >= 15 is 0 Å². The molecule has 16 heavy (non-hydrogen) atoms. The van der Waals surface area contributed by atoms with Crippen LogP contribution in [0, 0.1) is 0 Å². The van der Waals surface area contributed by atoms with Crippen molar-refractivity contribution >= 4 is 17.6 Å². The molecule has 0 aliphatic carbocycles. The van der Waals surface area contributed by atoms with E-state index < -0.39 is 24.5 Å². The van der Waals surface area contributed by atoms with E-state index in [-0.39, 0.29) is 22.8 Å². The topological polar surface area (TPSA) is 76.2 Å². The molecule has 0 saturated heterocycles. The van der Waals surface area contributed by atoms with Crippen LogP contribution < -0.4 is 5.73 Å². The fourth-order valence-corrected chi connectivity index (χ4v) is 1.51. The average Bonchev–Trinajstić information content (AvgIpc) is 2.19. The molecule has 1 heterocycles. The van der Waals surface area contributed by atoms with Gasteiger partial charge < -0.3 is 10.8 Å². The predicted octanol–water partition coefficient (Wildman–Crippen LogP) is 1.76. The zero-order chi connectivity index (χ0) is 12.3. The molecule has 0 radical (unpaired) electrons. The summed E-state index contributed by atoms with van der Waals surface area (Å²) in [4.78, 5) is 14.1. The molecule has 0 unspecified atom stereocenters. The number of carboxylic acids is 1. The molecule has 3 N–H and O–H groups in total. The molecule has 0 atom stereocenters. The summed E-state index contributed by atoms with van der Waals surface area (Å²) in [5.74, 6) is -1.24. The minimum Gasteiger partial charge on any atom is -0.481 e. The van der Waals surface area contributed by atoms with Gasteiger partial charge in [-0.1, -0.05) is 11.6 Å². The third kappa shape index (κ3) is 2.86. The summed E-state index contributed by atoms with van der Waals surface area (Å²) in [6, 6.07) is 1.30. The summed E-state index contributed by atoms with van der Waals surface area (Å²) >= 11 is 5.71. The molecule has 0 bridgehead atoms. The molecule has 0 spiro atoms. The molecule has 0 aromatic carbocycles. The molecular weight excluding hydrogens is 242 g/mol. The second-order valence-electron chi connectivity index (χ2n) is 3.03. The number of hydrogen-bond donors (Lipinski definition) is 2. The van der Waals surface area contributed by atoms with Crippen molar-refractivity contribution in [3.05, 3.63) is 28.0 Å². The Hall–Kier alpha value is -1.27. The molecule has 1 rings (SSSR count). The fraction of sp³-hybridized carbons (Fsp3) is 0.333. The van der Waals surface area contributed by atoms with Gasteiger partial charge in [0.15, 0.2) is 0 Å². The summed E-state index contributed by atoms with van der Waals surface area (Å²) in [5, 5.41) is 8.52. The normalized spacial score (nSPS) is 10.8. The number of hydrogen-bond acceptors (Lipinski definition) is 3. The monoisotopic (exact) mass is 250 g/mol. The lowest BCUT2D eigenvalue weighted by Gasteiger charge is -2.10. The lowest BCUT2D eigenvalue weighted by atomic mass is 10.1. The van der Waals surface area contributed by atoms with Gasteiger partial charge in [0.25, 0.3) is 6.43 Å². The maximum atomic E-state index is 12.6. The van der Waals surface area contributed by atoms with Gasteiger partial charge in [0.1, 0.15) is 5.69 Å². The number of carboxylic acid groups (broad SMARTS) is 1. The van der Waals surface area contributed by atoms with Crippen LogP contribution in [-0.2, 0) is 17.8 Å². The molecule has 88 valence electrons. The number of rotatable bonds is 4. The van der Waals surface area contributed by atoms with Gasteiger partial charge in [-0.25, -0.2) is 8.78 Å². The van der Waals surface area contributed by atoms with E-state index in [2.05, 4.69) is 4.98 Å². The highest BCUT2D eigenvalue weighted by Crippen LogP contribution is 2.28. The van der Waals surface area contributed by atoms with Crippen molar-refractivity contribution < 1.29 is 18.7 Å². The molecular formula is C9H9ClF2N2O2. The number of nitrogens with zero attached hydrogens (tertiary/aromatic N) is 1. The molecule has 0 aliphatic heterocycles. The Balaban J connectivity index is 3.27. The van der Waals surface area contributed by atoms with E-state index in [1.807, 2.05) is 0 Å². The van der Waals surface area contributed by atoms with E-state index in [4.69, 9.17) is 22.4 Å².